The lowest BCUT2D eigenvalue weighted by Crippen LogP contribution is -2.08. The van der Waals surface area contributed by atoms with Crippen LogP contribution in [0.5, 0.6) is 0 Å². The zero-order chi connectivity index (χ0) is 12.0. The van der Waals surface area contributed by atoms with Crippen molar-refractivity contribution < 1.29 is 9.53 Å². The van der Waals surface area contributed by atoms with Crippen molar-refractivity contribution in [2.45, 2.75) is 59.3 Å². The van der Waals surface area contributed by atoms with Gasteiger partial charge < -0.3 is 4.74 Å². The van der Waals surface area contributed by atoms with Crippen LogP contribution in [0.2, 0.25) is 0 Å². The van der Waals surface area contributed by atoms with Crippen LogP contribution in [0.4, 0.5) is 0 Å². The lowest BCUT2D eigenvalue weighted by molar-refractivity contribution is -0.139. The number of esters is 1. The monoisotopic (exact) mass is 223 g/mol. The van der Waals surface area contributed by atoms with Crippen molar-refractivity contribution in [1.29, 1.82) is 0 Å². The SMILES string of the molecule is CCCCC1=C(CCCC)[C]1C(=O)OCC. The molecular weight excluding hydrogens is 200 g/mol. The average Bonchev–Trinajstić information content (AvgIpc) is 2.97. The van der Waals surface area contributed by atoms with Gasteiger partial charge in [-0.15, -0.1) is 0 Å². The van der Waals surface area contributed by atoms with Crippen molar-refractivity contribution in [1.82, 2.24) is 0 Å². The minimum Gasteiger partial charge on any atom is -0.465 e. The number of unbranched alkanes of at least 4 members (excludes halogenated alkanes) is 2. The molecule has 2 heteroatoms. The van der Waals surface area contributed by atoms with Crippen LogP contribution in [0.15, 0.2) is 11.1 Å². The summed E-state index contributed by atoms with van der Waals surface area (Å²) in [7, 11) is 0. The van der Waals surface area contributed by atoms with Crippen molar-refractivity contribution in [2.75, 3.05) is 6.61 Å². The van der Waals surface area contributed by atoms with Gasteiger partial charge in [-0.2, -0.15) is 0 Å². The molecule has 0 fully saturated rings. The van der Waals surface area contributed by atoms with Crippen LogP contribution in [0, 0.1) is 5.92 Å². The lowest BCUT2D eigenvalue weighted by Gasteiger charge is -2.01. The first-order valence-corrected chi connectivity index (χ1v) is 6.53. The van der Waals surface area contributed by atoms with Gasteiger partial charge in [-0.25, -0.2) is 0 Å². The molecule has 91 valence electrons. The Morgan fingerprint density at radius 1 is 1.00 bits per heavy atom. The quantitative estimate of drug-likeness (QED) is 0.585. The fourth-order valence-electron chi connectivity index (χ4n) is 1.98. The third-order valence-electron chi connectivity index (χ3n) is 2.95. The molecular formula is C14H23O2. The van der Waals surface area contributed by atoms with E-state index in [9.17, 15) is 4.79 Å². The van der Waals surface area contributed by atoms with E-state index in [1.54, 1.807) is 0 Å². The van der Waals surface area contributed by atoms with Crippen molar-refractivity contribution in [3.05, 3.63) is 17.1 Å². The van der Waals surface area contributed by atoms with E-state index in [-0.39, 0.29) is 5.97 Å². The van der Waals surface area contributed by atoms with Crippen molar-refractivity contribution >= 4 is 5.97 Å². The summed E-state index contributed by atoms with van der Waals surface area (Å²) in [6, 6.07) is 0. The third kappa shape index (κ3) is 3.36. The molecule has 0 aromatic rings. The Kier molecular flexibility index (Phi) is 5.58. The maximum Gasteiger partial charge on any atom is 0.322 e. The smallest absolute Gasteiger partial charge is 0.322 e. The van der Waals surface area contributed by atoms with Crippen LogP contribution >= 0.6 is 0 Å². The summed E-state index contributed by atoms with van der Waals surface area (Å²) in [6.45, 7) is 6.69. The molecule has 0 atom stereocenters. The molecule has 1 rings (SSSR count). The van der Waals surface area contributed by atoms with E-state index < -0.39 is 0 Å². The molecule has 0 aromatic heterocycles. The van der Waals surface area contributed by atoms with E-state index in [1.807, 2.05) is 6.92 Å². The molecule has 0 amide bonds. The second kappa shape index (κ2) is 6.72. The Morgan fingerprint density at radius 3 is 1.88 bits per heavy atom. The summed E-state index contributed by atoms with van der Waals surface area (Å²) >= 11 is 0. The molecule has 1 radical (unpaired) electrons. The summed E-state index contributed by atoms with van der Waals surface area (Å²) in [6.07, 6.45) is 6.83. The number of rotatable bonds is 8. The number of carbonyl (C=O) groups is 1. The summed E-state index contributed by atoms with van der Waals surface area (Å²) in [5.74, 6) is 0.823. The number of hydrogen-bond acceptors (Lipinski definition) is 2. The van der Waals surface area contributed by atoms with Crippen LogP contribution in [0.1, 0.15) is 59.3 Å². The van der Waals surface area contributed by atoms with Crippen LogP contribution in [-0.2, 0) is 9.53 Å². The molecule has 0 unspecified atom stereocenters. The van der Waals surface area contributed by atoms with Gasteiger partial charge in [0.05, 0.1) is 6.61 Å². The second-order valence-corrected chi connectivity index (χ2v) is 4.26. The number of hydrogen-bond donors (Lipinski definition) is 0. The van der Waals surface area contributed by atoms with Crippen LogP contribution in [-0.4, -0.2) is 12.6 Å². The Balaban J connectivity index is 2.44. The van der Waals surface area contributed by atoms with Gasteiger partial charge in [-0.1, -0.05) is 26.7 Å². The van der Waals surface area contributed by atoms with E-state index >= 15 is 0 Å². The Labute approximate surface area is 99.1 Å². The van der Waals surface area contributed by atoms with Crippen molar-refractivity contribution in [2.24, 2.45) is 0 Å². The molecule has 0 saturated carbocycles. The van der Waals surface area contributed by atoms with Gasteiger partial charge in [0, 0.05) is 0 Å². The minimum absolute atomic E-state index is 0.0975. The van der Waals surface area contributed by atoms with E-state index in [0.717, 1.165) is 18.8 Å². The molecule has 0 spiro atoms. The molecule has 0 saturated heterocycles. The standard InChI is InChI=1S/C14H23O2/c1-4-7-9-11-12(10-8-5-2)13(11)14(15)16-6-3/h4-10H2,1-3H3. The molecule has 16 heavy (non-hydrogen) atoms. The highest BCUT2D eigenvalue weighted by molar-refractivity contribution is 6.02. The van der Waals surface area contributed by atoms with Gasteiger partial charge in [0.1, 0.15) is 5.92 Å². The summed E-state index contributed by atoms with van der Waals surface area (Å²) in [5.41, 5.74) is 2.60. The Hall–Kier alpha value is -0.790. The molecule has 0 heterocycles. The van der Waals surface area contributed by atoms with Gasteiger partial charge in [0.2, 0.25) is 0 Å². The molecule has 0 aliphatic heterocycles. The fourth-order valence-corrected chi connectivity index (χ4v) is 1.98. The molecule has 1 aliphatic rings. The largest absolute Gasteiger partial charge is 0.465 e. The maximum atomic E-state index is 11.7. The number of carbonyl (C=O) groups excluding carboxylic acids is 1. The van der Waals surface area contributed by atoms with E-state index in [1.165, 1.54) is 36.8 Å². The molecule has 0 N–H and O–H groups in total. The predicted octanol–water partition coefficient (Wildman–Crippen LogP) is 3.81. The third-order valence-corrected chi connectivity index (χ3v) is 2.95. The molecule has 0 aromatic carbocycles. The summed E-state index contributed by atoms with van der Waals surface area (Å²) in [5, 5.41) is 0. The second-order valence-electron chi connectivity index (χ2n) is 4.26. The topological polar surface area (TPSA) is 26.3 Å². The number of ether oxygens (including phenoxy) is 1. The average molecular weight is 223 g/mol. The van der Waals surface area contributed by atoms with Crippen molar-refractivity contribution in [3.63, 3.8) is 0 Å². The molecule has 0 bridgehead atoms. The maximum absolute atomic E-state index is 11.7. The normalized spacial score (nSPS) is 15.4. The fraction of sp³-hybridized carbons (Fsp3) is 0.714. The van der Waals surface area contributed by atoms with Crippen molar-refractivity contribution in [3.8, 4) is 0 Å². The first kappa shape index (κ1) is 13.3. The first-order valence-electron chi connectivity index (χ1n) is 6.53. The van der Waals surface area contributed by atoms with Crippen LogP contribution < -0.4 is 0 Å². The van der Waals surface area contributed by atoms with Gasteiger partial charge >= 0.3 is 5.97 Å². The highest BCUT2D eigenvalue weighted by Crippen LogP contribution is 2.48. The Bertz CT molecular complexity index is 248. The minimum atomic E-state index is -0.0975. The van der Waals surface area contributed by atoms with E-state index in [0.29, 0.717) is 6.61 Å². The van der Waals surface area contributed by atoms with Crippen LogP contribution in [0.3, 0.4) is 0 Å². The molecule has 1 aliphatic carbocycles. The van der Waals surface area contributed by atoms with Gasteiger partial charge in [0.15, 0.2) is 0 Å². The van der Waals surface area contributed by atoms with E-state index in [2.05, 4.69) is 13.8 Å². The first-order chi connectivity index (χ1) is 7.76. The van der Waals surface area contributed by atoms with Gasteiger partial charge in [0.25, 0.3) is 0 Å². The highest BCUT2D eigenvalue weighted by atomic mass is 16.5. The Morgan fingerprint density at radius 2 is 1.50 bits per heavy atom. The zero-order valence-electron chi connectivity index (χ0n) is 10.8. The van der Waals surface area contributed by atoms with Crippen LogP contribution in [0.25, 0.3) is 0 Å². The summed E-state index contributed by atoms with van der Waals surface area (Å²) < 4.78 is 5.07. The molecule has 2 nitrogen and oxygen atoms in total. The highest BCUT2D eigenvalue weighted by Gasteiger charge is 2.42. The zero-order valence-corrected chi connectivity index (χ0v) is 10.8. The van der Waals surface area contributed by atoms with Gasteiger partial charge in [-0.3, -0.25) is 4.79 Å². The summed E-state index contributed by atoms with van der Waals surface area (Å²) in [4.78, 5) is 11.7. The van der Waals surface area contributed by atoms with E-state index in [4.69, 9.17) is 4.74 Å². The van der Waals surface area contributed by atoms with Gasteiger partial charge in [-0.05, 0) is 43.8 Å². The lowest BCUT2D eigenvalue weighted by atomic mass is 10.1. The predicted molar refractivity (Wildman–Crippen MR) is 66.0 cm³/mol.